The van der Waals surface area contributed by atoms with E-state index in [-0.39, 0.29) is 5.91 Å². The predicted molar refractivity (Wildman–Crippen MR) is 93.8 cm³/mol. The van der Waals surface area contributed by atoms with Crippen LogP contribution >= 0.6 is 0 Å². The molecule has 2 aromatic carbocycles. The Kier molecular flexibility index (Phi) is 5.80. The summed E-state index contributed by atoms with van der Waals surface area (Å²) in [5.74, 6) is 0.915. The van der Waals surface area contributed by atoms with Gasteiger partial charge in [0.25, 0.3) is 0 Å². The Bertz CT molecular complexity index is 692. The molecule has 3 nitrogen and oxygen atoms in total. The van der Waals surface area contributed by atoms with Gasteiger partial charge < -0.3 is 10.1 Å². The van der Waals surface area contributed by atoms with Gasteiger partial charge in [0.2, 0.25) is 5.91 Å². The van der Waals surface area contributed by atoms with Gasteiger partial charge in [-0.25, -0.2) is 0 Å². The fraction of sp³-hybridized carbons (Fsp3) is 0.350. The van der Waals surface area contributed by atoms with Crippen LogP contribution in [0.4, 0.5) is 0 Å². The smallest absolute Gasteiger partial charge is 0.224 e. The van der Waals surface area contributed by atoms with E-state index in [9.17, 15) is 4.79 Å². The van der Waals surface area contributed by atoms with E-state index in [2.05, 4.69) is 44.3 Å². The van der Waals surface area contributed by atoms with Gasteiger partial charge in [-0.2, -0.15) is 0 Å². The molecule has 2 aromatic rings. The number of nitrogens with one attached hydrogen (secondary N) is 1. The number of benzene rings is 2. The first-order chi connectivity index (χ1) is 11.0. The summed E-state index contributed by atoms with van der Waals surface area (Å²) in [5.41, 5.74) is 5.75. The second kappa shape index (κ2) is 7.82. The molecule has 3 heteroatoms. The minimum Gasteiger partial charge on any atom is -0.489 e. The van der Waals surface area contributed by atoms with Crippen LogP contribution in [0.5, 0.6) is 5.75 Å². The van der Waals surface area contributed by atoms with Crippen molar-refractivity contribution in [3.63, 3.8) is 0 Å². The van der Waals surface area contributed by atoms with Crippen molar-refractivity contribution in [2.24, 2.45) is 0 Å². The van der Waals surface area contributed by atoms with Crippen LogP contribution in [0.3, 0.4) is 0 Å². The third-order valence-electron chi connectivity index (χ3n) is 4.08. The molecule has 0 aliphatic carbocycles. The van der Waals surface area contributed by atoms with E-state index in [1.165, 1.54) is 11.1 Å². The highest BCUT2D eigenvalue weighted by Gasteiger charge is 2.12. The first kappa shape index (κ1) is 17.1. The van der Waals surface area contributed by atoms with Crippen LogP contribution in [0.1, 0.15) is 34.7 Å². The number of rotatable bonds is 6. The Balaban J connectivity index is 2.24. The molecule has 0 saturated carbocycles. The molecule has 1 N–H and O–H groups in total. The highest BCUT2D eigenvalue weighted by Crippen LogP contribution is 2.23. The molecule has 0 atom stereocenters. The molecule has 0 unspecified atom stereocenters. The maximum Gasteiger partial charge on any atom is 0.224 e. The van der Waals surface area contributed by atoms with Crippen molar-refractivity contribution in [3.8, 4) is 5.75 Å². The summed E-state index contributed by atoms with van der Waals surface area (Å²) in [6, 6.07) is 12.3. The lowest BCUT2D eigenvalue weighted by Gasteiger charge is -2.16. The Morgan fingerprint density at radius 3 is 2.52 bits per heavy atom. The molecule has 0 heterocycles. The van der Waals surface area contributed by atoms with Gasteiger partial charge in [-0.05, 0) is 48.6 Å². The van der Waals surface area contributed by atoms with Gasteiger partial charge in [0.15, 0.2) is 0 Å². The van der Waals surface area contributed by atoms with E-state index < -0.39 is 0 Å². The molecule has 2 rings (SSSR count). The topological polar surface area (TPSA) is 38.3 Å². The normalized spacial score (nSPS) is 10.4. The molecule has 0 aromatic heterocycles. The van der Waals surface area contributed by atoms with Crippen LogP contribution in [-0.4, -0.2) is 13.0 Å². The van der Waals surface area contributed by atoms with E-state index in [1.54, 1.807) is 7.05 Å². The summed E-state index contributed by atoms with van der Waals surface area (Å²) in [5, 5.41) is 2.69. The molecule has 0 spiro atoms. The first-order valence-corrected chi connectivity index (χ1v) is 8.05. The number of amides is 1. The lowest BCUT2D eigenvalue weighted by Crippen LogP contribution is -2.21. The molecule has 0 saturated heterocycles. The molecule has 0 bridgehead atoms. The highest BCUT2D eigenvalue weighted by molar-refractivity contribution is 5.78. The number of carbonyl (C=O) groups excluding carboxylic acids is 1. The second-order valence-corrected chi connectivity index (χ2v) is 5.82. The maximum absolute atomic E-state index is 11.7. The molecule has 122 valence electrons. The summed E-state index contributed by atoms with van der Waals surface area (Å²) < 4.78 is 6.04. The maximum atomic E-state index is 11.7. The number of carbonyl (C=O) groups is 1. The molecule has 1 amide bonds. The van der Waals surface area contributed by atoms with Gasteiger partial charge in [-0.3, -0.25) is 4.79 Å². The fourth-order valence-electron chi connectivity index (χ4n) is 2.74. The summed E-state index contributed by atoms with van der Waals surface area (Å²) in [6.07, 6.45) is 1.31. The molecule has 0 aliphatic heterocycles. The van der Waals surface area contributed by atoms with Gasteiger partial charge >= 0.3 is 0 Å². The predicted octanol–water partition coefficient (Wildman–Crippen LogP) is 3.73. The van der Waals surface area contributed by atoms with Crippen LogP contribution in [-0.2, 0) is 24.2 Å². The van der Waals surface area contributed by atoms with Crippen molar-refractivity contribution in [2.45, 2.75) is 40.2 Å². The number of aryl methyl sites for hydroxylation is 3. The van der Waals surface area contributed by atoms with Crippen LogP contribution in [0.2, 0.25) is 0 Å². The summed E-state index contributed by atoms with van der Waals surface area (Å²) in [6.45, 7) is 6.74. The first-order valence-electron chi connectivity index (χ1n) is 8.05. The quantitative estimate of drug-likeness (QED) is 0.882. The van der Waals surface area contributed by atoms with Crippen molar-refractivity contribution in [3.05, 3.63) is 64.2 Å². The minimum absolute atomic E-state index is 0.0195. The zero-order valence-electron chi connectivity index (χ0n) is 14.4. The van der Waals surface area contributed by atoms with E-state index in [0.717, 1.165) is 28.9 Å². The third-order valence-corrected chi connectivity index (χ3v) is 4.08. The van der Waals surface area contributed by atoms with E-state index >= 15 is 0 Å². The Hall–Kier alpha value is -2.29. The number of likely N-dealkylation sites (N-methyl/N-ethyl adjacent to an activating group) is 1. The Morgan fingerprint density at radius 2 is 1.87 bits per heavy atom. The second-order valence-electron chi connectivity index (χ2n) is 5.82. The lowest BCUT2D eigenvalue weighted by molar-refractivity contribution is -0.119. The molecular formula is C20H25NO2. The average Bonchev–Trinajstić information content (AvgIpc) is 2.54. The fourth-order valence-corrected chi connectivity index (χ4v) is 2.74. The van der Waals surface area contributed by atoms with Gasteiger partial charge in [0.05, 0.1) is 6.42 Å². The molecule has 0 radical (unpaired) electrons. The molecule has 0 aliphatic rings. The van der Waals surface area contributed by atoms with Crippen molar-refractivity contribution >= 4 is 5.91 Å². The van der Waals surface area contributed by atoms with Gasteiger partial charge in [-0.1, -0.05) is 42.8 Å². The molecule has 23 heavy (non-hydrogen) atoms. The van der Waals surface area contributed by atoms with Gasteiger partial charge in [0, 0.05) is 7.05 Å². The van der Waals surface area contributed by atoms with Crippen molar-refractivity contribution in [2.75, 3.05) is 7.05 Å². The highest BCUT2D eigenvalue weighted by atomic mass is 16.5. The number of ether oxygens (including phenoxy) is 1. The van der Waals surface area contributed by atoms with Crippen molar-refractivity contribution in [1.29, 1.82) is 0 Å². The number of hydrogen-bond acceptors (Lipinski definition) is 2. The zero-order valence-corrected chi connectivity index (χ0v) is 14.4. The monoisotopic (exact) mass is 311 g/mol. The van der Waals surface area contributed by atoms with Crippen molar-refractivity contribution in [1.82, 2.24) is 5.32 Å². The zero-order chi connectivity index (χ0) is 16.8. The van der Waals surface area contributed by atoms with Gasteiger partial charge in [-0.15, -0.1) is 0 Å². The lowest BCUT2D eigenvalue weighted by atomic mass is 9.97. The van der Waals surface area contributed by atoms with Crippen molar-refractivity contribution < 1.29 is 9.53 Å². The number of hydrogen-bond donors (Lipinski definition) is 1. The standard InChI is InChI=1S/C20H25NO2/c1-5-16-7-6-8-17(12-20(22)21-4)18(16)13-23-19-10-9-14(2)11-15(19)3/h6-11H,5,12-13H2,1-4H3,(H,21,22). The van der Waals surface area contributed by atoms with E-state index in [1.807, 2.05) is 18.2 Å². The van der Waals surface area contributed by atoms with Crippen LogP contribution in [0.15, 0.2) is 36.4 Å². The SMILES string of the molecule is CCc1cccc(CC(=O)NC)c1COc1ccc(C)cc1C. The Labute approximate surface area is 138 Å². The molecular weight excluding hydrogens is 286 g/mol. The average molecular weight is 311 g/mol. The van der Waals surface area contributed by atoms with Crippen LogP contribution in [0, 0.1) is 13.8 Å². The summed E-state index contributed by atoms with van der Waals surface area (Å²) >= 11 is 0. The van der Waals surface area contributed by atoms with E-state index in [4.69, 9.17) is 4.74 Å². The third kappa shape index (κ3) is 4.35. The van der Waals surface area contributed by atoms with Gasteiger partial charge in [0.1, 0.15) is 12.4 Å². The minimum atomic E-state index is 0.0195. The Morgan fingerprint density at radius 1 is 1.13 bits per heavy atom. The molecule has 0 fully saturated rings. The van der Waals surface area contributed by atoms with Crippen LogP contribution < -0.4 is 10.1 Å². The largest absolute Gasteiger partial charge is 0.489 e. The van der Waals surface area contributed by atoms with Crippen LogP contribution in [0.25, 0.3) is 0 Å². The summed E-state index contributed by atoms with van der Waals surface area (Å²) in [7, 11) is 1.66. The summed E-state index contributed by atoms with van der Waals surface area (Å²) in [4.78, 5) is 11.7. The van der Waals surface area contributed by atoms with E-state index in [0.29, 0.717) is 13.0 Å².